The molecular formula is C21H27N5O4S. The van der Waals surface area contributed by atoms with Crippen LogP contribution < -0.4 is 9.62 Å². The van der Waals surface area contributed by atoms with E-state index in [0.717, 1.165) is 12.8 Å². The first-order valence-electron chi connectivity index (χ1n) is 10.7. The van der Waals surface area contributed by atoms with E-state index in [9.17, 15) is 18.0 Å². The highest BCUT2D eigenvalue weighted by Gasteiger charge is 2.44. The van der Waals surface area contributed by atoms with Crippen LogP contribution in [0.25, 0.3) is 0 Å². The molecule has 2 amide bonds. The molecule has 0 aromatic heterocycles. The van der Waals surface area contributed by atoms with Gasteiger partial charge in [0.15, 0.2) is 0 Å². The van der Waals surface area contributed by atoms with E-state index in [4.69, 9.17) is 0 Å². The number of sulfonamides is 1. The SMILES string of the molecule is CC(=O)N1CC(CN2C(=O)c3cc(S(=O)(=O)NC4(C)CC4)ccc3N3C2=NC[C@H]3C)C1. The van der Waals surface area contributed by atoms with Crippen LogP contribution in [0, 0.1) is 5.92 Å². The lowest BCUT2D eigenvalue weighted by Gasteiger charge is -2.44. The topological polar surface area (TPSA) is 102 Å². The number of nitrogens with zero attached hydrogens (tertiary/aromatic N) is 4. The van der Waals surface area contributed by atoms with Gasteiger partial charge >= 0.3 is 0 Å². The van der Waals surface area contributed by atoms with E-state index in [1.165, 1.54) is 6.07 Å². The van der Waals surface area contributed by atoms with E-state index in [1.54, 1.807) is 28.9 Å². The summed E-state index contributed by atoms with van der Waals surface area (Å²) in [5.74, 6) is 0.588. The van der Waals surface area contributed by atoms with Crippen LogP contribution in [-0.4, -0.2) is 73.8 Å². The second-order valence-electron chi connectivity index (χ2n) is 9.41. The molecule has 31 heavy (non-hydrogen) atoms. The molecule has 3 aliphatic heterocycles. The highest BCUT2D eigenvalue weighted by molar-refractivity contribution is 7.89. The van der Waals surface area contributed by atoms with Crippen molar-refractivity contribution >= 4 is 33.5 Å². The van der Waals surface area contributed by atoms with Gasteiger partial charge in [0.25, 0.3) is 5.91 Å². The fraction of sp³-hybridized carbons (Fsp3) is 0.571. The zero-order valence-corrected chi connectivity index (χ0v) is 18.8. The van der Waals surface area contributed by atoms with Gasteiger partial charge in [-0.2, -0.15) is 0 Å². The molecule has 1 saturated heterocycles. The molecule has 1 N–H and O–H groups in total. The summed E-state index contributed by atoms with van der Waals surface area (Å²) in [4.78, 5) is 35.1. The Morgan fingerprint density at radius 3 is 2.65 bits per heavy atom. The van der Waals surface area contributed by atoms with Crippen molar-refractivity contribution in [2.45, 2.75) is 50.1 Å². The smallest absolute Gasteiger partial charge is 0.262 e. The molecule has 1 aromatic carbocycles. The first-order valence-corrected chi connectivity index (χ1v) is 12.2. The third-order valence-electron chi connectivity index (χ3n) is 6.63. The maximum atomic E-state index is 13.5. The summed E-state index contributed by atoms with van der Waals surface area (Å²) in [5.41, 5.74) is 0.681. The number of carbonyl (C=O) groups is 2. The first-order chi connectivity index (χ1) is 14.6. The largest absolute Gasteiger partial charge is 0.342 e. The van der Waals surface area contributed by atoms with Crippen LogP contribution in [0.15, 0.2) is 28.1 Å². The lowest BCUT2D eigenvalue weighted by Crippen LogP contribution is -2.58. The number of nitrogens with one attached hydrogen (secondary N) is 1. The summed E-state index contributed by atoms with van der Waals surface area (Å²) in [6, 6.07) is 4.84. The van der Waals surface area contributed by atoms with Crippen molar-refractivity contribution in [3.8, 4) is 0 Å². The molecule has 166 valence electrons. The van der Waals surface area contributed by atoms with Gasteiger partial charge in [0.1, 0.15) is 0 Å². The first kappa shape index (κ1) is 20.4. The minimum Gasteiger partial charge on any atom is -0.342 e. The van der Waals surface area contributed by atoms with Crippen LogP contribution in [0.3, 0.4) is 0 Å². The molecular weight excluding hydrogens is 418 g/mol. The van der Waals surface area contributed by atoms with Gasteiger partial charge in [-0.05, 0) is 44.9 Å². The molecule has 1 aromatic rings. The van der Waals surface area contributed by atoms with Crippen molar-refractivity contribution in [3.63, 3.8) is 0 Å². The second-order valence-corrected chi connectivity index (χ2v) is 11.1. The molecule has 0 bridgehead atoms. The Labute approximate surface area is 182 Å². The van der Waals surface area contributed by atoms with Crippen LogP contribution in [-0.2, 0) is 14.8 Å². The Morgan fingerprint density at radius 1 is 1.29 bits per heavy atom. The molecule has 1 saturated carbocycles. The van der Waals surface area contributed by atoms with Gasteiger partial charge in [0.05, 0.1) is 28.7 Å². The summed E-state index contributed by atoms with van der Waals surface area (Å²) >= 11 is 0. The van der Waals surface area contributed by atoms with Gasteiger partial charge < -0.3 is 9.80 Å². The van der Waals surface area contributed by atoms with E-state index in [2.05, 4.69) is 9.71 Å². The molecule has 3 heterocycles. The normalized spacial score (nSPS) is 24.5. The average Bonchev–Trinajstić information content (AvgIpc) is 3.25. The number of benzene rings is 1. The van der Waals surface area contributed by atoms with Crippen LogP contribution in [0.2, 0.25) is 0 Å². The van der Waals surface area contributed by atoms with E-state index >= 15 is 0 Å². The fourth-order valence-electron chi connectivity index (χ4n) is 4.47. The Kier molecular flexibility index (Phi) is 4.46. The predicted molar refractivity (Wildman–Crippen MR) is 115 cm³/mol. The molecule has 4 aliphatic rings. The van der Waals surface area contributed by atoms with Crippen LogP contribution in [0.4, 0.5) is 5.69 Å². The van der Waals surface area contributed by atoms with Crippen molar-refractivity contribution in [1.82, 2.24) is 14.5 Å². The number of rotatable bonds is 5. The number of likely N-dealkylation sites (tertiary alicyclic amines) is 1. The lowest BCUT2D eigenvalue weighted by molar-refractivity contribution is -0.135. The number of anilines is 1. The maximum Gasteiger partial charge on any atom is 0.262 e. The van der Waals surface area contributed by atoms with Gasteiger partial charge in [-0.1, -0.05) is 0 Å². The maximum absolute atomic E-state index is 13.5. The van der Waals surface area contributed by atoms with Crippen molar-refractivity contribution in [2.24, 2.45) is 10.9 Å². The summed E-state index contributed by atoms with van der Waals surface area (Å²) in [6.07, 6.45) is 1.63. The van der Waals surface area contributed by atoms with Crippen molar-refractivity contribution in [2.75, 3.05) is 31.1 Å². The number of carbonyl (C=O) groups excluding carboxylic acids is 2. The molecule has 0 radical (unpaired) electrons. The number of aliphatic imine (C=N–C) groups is 1. The summed E-state index contributed by atoms with van der Waals surface area (Å²) < 4.78 is 28.5. The summed E-state index contributed by atoms with van der Waals surface area (Å²) in [6.45, 7) is 7.72. The number of fused-ring (bicyclic) bond motifs is 3. The van der Waals surface area contributed by atoms with Gasteiger partial charge in [-0.3, -0.25) is 19.5 Å². The fourth-order valence-corrected chi connectivity index (χ4v) is 5.96. The van der Waals surface area contributed by atoms with Gasteiger partial charge in [0, 0.05) is 38.0 Å². The second kappa shape index (κ2) is 6.77. The van der Waals surface area contributed by atoms with E-state index in [1.807, 2.05) is 18.7 Å². The number of hydrogen-bond acceptors (Lipinski definition) is 6. The zero-order valence-electron chi connectivity index (χ0n) is 18.0. The monoisotopic (exact) mass is 445 g/mol. The van der Waals surface area contributed by atoms with Crippen molar-refractivity contribution in [3.05, 3.63) is 23.8 Å². The molecule has 10 heteroatoms. The number of amides is 2. The van der Waals surface area contributed by atoms with Crippen molar-refractivity contribution in [1.29, 1.82) is 0 Å². The van der Waals surface area contributed by atoms with Gasteiger partial charge in [-0.25, -0.2) is 13.1 Å². The van der Waals surface area contributed by atoms with E-state index in [0.29, 0.717) is 43.4 Å². The summed E-state index contributed by atoms with van der Waals surface area (Å²) in [7, 11) is -3.71. The van der Waals surface area contributed by atoms with Gasteiger partial charge in [0.2, 0.25) is 21.9 Å². The predicted octanol–water partition coefficient (Wildman–Crippen LogP) is 1.02. The number of hydrogen-bond donors (Lipinski definition) is 1. The Balaban J connectivity index is 1.46. The Bertz CT molecular complexity index is 1100. The van der Waals surface area contributed by atoms with Crippen molar-refractivity contribution < 1.29 is 18.0 Å². The Morgan fingerprint density at radius 2 is 2.00 bits per heavy atom. The third kappa shape index (κ3) is 3.41. The molecule has 1 aliphatic carbocycles. The average molecular weight is 446 g/mol. The highest BCUT2D eigenvalue weighted by atomic mass is 32.2. The molecule has 0 spiro atoms. The Hall–Kier alpha value is -2.46. The minimum atomic E-state index is -3.71. The number of guanidine groups is 1. The summed E-state index contributed by atoms with van der Waals surface area (Å²) in [5, 5.41) is 0. The van der Waals surface area contributed by atoms with Crippen LogP contribution in [0.5, 0.6) is 0 Å². The highest BCUT2D eigenvalue weighted by Crippen LogP contribution is 2.38. The molecule has 0 unspecified atom stereocenters. The quantitative estimate of drug-likeness (QED) is 0.729. The standard InChI is InChI=1S/C21H27N5O4S/c1-13-9-22-20-25(12-15-10-24(11-15)14(2)27)19(28)17-8-16(4-5-18(17)26(13)20)31(29,30)23-21(3)6-7-21/h4-5,8,13,15,23H,6-7,9-12H2,1-3H3/t13-/m1/s1. The molecule has 9 nitrogen and oxygen atoms in total. The van der Waals surface area contributed by atoms with Crippen LogP contribution in [0.1, 0.15) is 44.0 Å². The minimum absolute atomic E-state index is 0.0340. The lowest BCUT2D eigenvalue weighted by atomic mass is 9.98. The zero-order chi connectivity index (χ0) is 22.1. The third-order valence-corrected chi connectivity index (χ3v) is 8.27. The van der Waals surface area contributed by atoms with E-state index < -0.39 is 10.0 Å². The van der Waals surface area contributed by atoms with Gasteiger partial charge in [-0.15, -0.1) is 0 Å². The van der Waals surface area contributed by atoms with Crippen LogP contribution >= 0.6 is 0 Å². The molecule has 5 rings (SSSR count). The van der Waals surface area contributed by atoms with E-state index in [-0.39, 0.29) is 34.2 Å². The molecule has 1 atom stereocenters. The molecule has 2 fully saturated rings.